The van der Waals surface area contributed by atoms with E-state index in [-0.39, 0.29) is 18.4 Å². The minimum absolute atomic E-state index is 0.0665. The molecule has 1 amide bonds. The third-order valence-electron chi connectivity index (χ3n) is 2.68. The number of carbonyl (C=O) groups is 1. The third kappa shape index (κ3) is 4.17. The number of nitrogens with two attached hydrogens (primary N) is 1. The lowest BCUT2D eigenvalue weighted by molar-refractivity contribution is -0.118. The molecule has 17 heavy (non-hydrogen) atoms. The van der Waals surface area contributed by atoms with Crippen LogP contribution in [0.3, 0.4) is 0 Å². The zero-order valence-corrected chi connectivity index (χ0v) is 10.4. The highest BCUT2D eigenvalue weighted by atomic mass is 16.5. The third-order valence-corrected chi connectivity index (χ3v) is 2.68. The van der Waals surface area contributed by atoms with Gasteiger partial charge < -0.3 is 15.8 Å². The molecule has 0 heterocycles. The largest absolute Gasteiger partial charge is 0.380 e. The second-order valence-electron chi connectivity index (χ2n) is 3.86. The quantitative estimate of drug-likeness (QED) is 0.787. The Kier molecular flexibility index (Phi) is 5.66. The molecule has 0 spiro atoms. The summed E-state index contributed by atoms with van der Waals surface area (Å²) in [6, 6.07) is 7.78. The molecule has 0 bridgehead atoms. The molecule has 3 N–H and O–H groups in total. The van der Waals surface area contributed by atoms with Gasteiger partial charge in [0.05, 0.1) is 12.5 Å². The van der Waals surface area contributed by atoms with Crippen LogP contribution in [-0.4, -0.2) is 25.7 Å². The molecule has 0 fully saturated rings. The summed E-state index contributed by atoms with van der Waals surface area (Å²) in [6.45, 7) is 2.40. The van der Waals surface area contributed by atoms with Gasteiger partial charge in [0.1, 0.15) is 0 Å². The van der Waals surface area contributed by atoms with Crippen LogP contribution in [-0.2, 0) is 16.0 Å². The molecule has 4 heteroatoms. The van der Waals surface area contributed by atoms with E-state index in [2.05, 4.69) is 12.2 Å². The first-order chi connectivity index (χ1) is 8.21. The lowest BCUT2D eigenvalue weighted by atomic mass is 10.1. The predicted octanol–water partition coefficient (Wildman–Crippen LogP) is 1.55. The fourth-order valence-corrected chi connectivity index (χ4v) is 1.62. The maximum absolute atomic E-state index is 11.8. The molecule has 0 aliphatic carbocycles. The van der Waals surface area contributed by atoms with Gasteiger partial charge in [-0.1, -0.05) is 25.1 Å². The summed E-state index contributed by atoms with van der Waals surface area (Å²) in [7, 11) is 1.56. The molecular formula is C13H20N2O2. The monoisotopic (exact) mass is 236 g/mol. The number of amides is 1. The number of benzene rings is 1. The Hall–Kier alpha value is -1.39. The van der Waals surface area contributed by atoms with Crippen molar-refractivity contribution in [3.05, 3.63) is 29.8 Å². The lowest BCUT2D eigenvalue weighted by Crippen LogP contribution is -2.28. The van der Waals surface area contributed by atoms with Gasteiger partial charge in [-0.15, -0.1) is 0 Å². The van der Waals surface area contributed by atoms with Gasteiger partial charge >= 0.3 is 0 Å². The summed E-state index contributed by atoms with van der Waals surface area (Å²) >= 11 is 0. The molecule has 0 aliphatic rings. The molecular weight excluding hydrogens is 216 g/mol. The van der Waals surface area contributed by atoms with E-state index in [4.69, 9.17) is 10.5 Å². The van der Waals surface area contributed by atoms with Crippen LogP contribution in [0.4, 0.5) is 5.69 Å². The second-order valence-corrected chi connectivity index (χ2v) is 3.86. The number of carbonyl (C=O) groups excluding carboxylic acids is 1. The summed E-state index contributed by atoms with van der Waals surface area (Å²) in [5.74, 6) is -0.0665. The standard InChI is InChI=1S/C13H20N2O2/c1-3-10-6-4-5-7-12(10)15-13(16)8-11(9-14)17-2/h4-7,11H,3,8-9,14H2,1-2H3,(H,15,16). The number of hydrogen-bond donors (Lipinski definition) is 2. The summed E-state index contributed by atoms with van der Waals surface area (Å²) in [4.78, 5) is 11.8. The molecule has 0 aromatic heterocycles. The molecule has 4 nitrogen and oxygen atoms in total. The first kappa shape index (κ1) is 13.7. The van der Waals surface area contributed by atoms with E-state index < -0.39 is 0 Å². The summed E-state index contributed by atoms with van der Waals surface area (Å²) in [6.07, 6.45) is 0.954. The summed E-state index contributed by atoms with van der Waals surface area (Å²) in [5, 5.41) is 2.89. The Bertz CT molecular complexity index is 362. The van der Waals surface area contributed by atoms with Gasteiger partial charge in [0.15, 0.2) is 0 Å². The van der Waals surface area contributed by atoms with E-state index >= 15 is 0 Å². The number of aryl methyl sites for hydroxylation is 1. The van der Waals surface area contributed by atoms with Crippen molar-refractivity contribution in [1.82, 2.24) is 0 Å². The topological polar surface area (TPSA) is 64.4 Å². The predicted molar refractivity (Wildman–Crippen MR) is 68.9 cm³/mol. The van der Waals surface area contributed by atoms with Gasteiger partial charge in [0, 0.05) is 19.3 Å². The molecule has 94 valence electrons. The first-order valence-electron chi connectivity index (χ1n) is 5.81. The molecule has 1 unspecified atom stereocenters. The fraction of sp³-hybridized carbons (Fsp3) is 0.462. The highest BCUT2D eigenvalue weighted by Crippen LogP contribution is 2.15. The maximum atomic E-state index is 11.8. The van der Waals surface area contributed by atoms with Crippen LogP contribution in [0, 0.1) is 0 Å². The van der Waals surface area contributed by atoms with Crippen LogP contribution in [0.25, 0.3) is 0 Å². The number of anilines is 1. The van der Waals surface area contributed by atoms with Crippen LogP contribution >= 0.6 is 0 Å². The van der Waals surface area contributed by atoms with Crippen molar-refractivity contribution in [3.8, 4) is 0 Å². The highest BCUT2D eigenvalue weighted by Gasteiger charge is 2.12. The average Bonchev–Trinajstić information content (AvgIpc) is 2.36. The van der Waals surface area contributed by atoms with Crippen LogP contribution in [0.1, 0.15) is 18.9 Å². The van der Waals surface area contributed by atoms with Crippen molar-refractivity contribution in [2.24, 2.45) is 5.73 Å². The van der Waals surface area contributed by atoms with Gasteiger partial charge in [-0.05, 0) is 18.1 Å². The van der Waals surface area contributed by atoms with Gasteiger partial charge in [-0.2, -0.15) is 0 Å². The number of nitrogens with one attached hydrogen (secondary N) is 1. The number of ether oxygens (including phenoxy) is 1. The zero-order valence-electron chi connectivity index (χ0n) is 10.4. The Labute approximate surface area is 102 Å². The lowest BCUT2D eigenvalue weighted by Gasteiger charge is -2.14. The molecule has 0 saturated carbocycles. The van der Waals surface area contributed by atoms with Crippen LogP contribution in [0.15, 0.2) is 24.3 Å². The van der Waals surface area contributed by atoms with E-state index in [1.54, 1.807) is 7.11 Å². The maximum Gasteiger partial charge on any atom is 0.227 e. The minimum atomic E-state index is -0.219. The second kappa shape index (κ2) is 7.04. The summed E-state index contributed by atoms with van der Waals surface area (Å²) < 4.78 is 5.08. The fourth-order valence-electron chi connectivity index (χ4n) is 1.62. The van der Waals surface area contributed by atoms with Gasteiger partial charge in [0.25, 0.3) is 0 Å². The van der Waals surface area contributed by atoms with E-state index in [1.807, 2.05) is 24.3 Å². The van der Waals surface area contributed by atoms with E-state index in [1.165, 1.54) is 0 Å². The molecule has 1 rings (SSSR count). The van der Waals surface area contributed by atoms with E-state index in [9.17, 15) is 4.79 Å². The zero-order chi connectivity index (χ0) is 12.7. The van der Waals surface area contributed by atoms with Gasteiger partial charge in [-0.3, -0.25) is 4.79 Å². The molecule has 1 aromatic carbocycles. The molecule has 0 saturated heterocycles. The average molecular weight is 236 g/mol. The number of methoxy groups -OCH3 is 1. The Balaban J connectivity index is 2.61. The highest BCUT2D eigenvalue weighted by molar-refractivity contribution is 5.91. The molecule has 1 atom stereocenters. The first-order valence-corrected chi connectivity index (χ1v) is 5.81. The summed E-state index contributed by atoms with van der Waals surface area (Å²) in [5.41, 5.74) is 7.47. The van der Waals surface area contributed by atoms with Crippen LogP contribution in [0.5, 0.6) is 0 Å². The van der Waals surface area contributed by atoms with Crippen LogP contribution in [0.2, 0.25) is 0 Å². The van der Waals surface area contributed by atoms with Crippen molar-refractivity contribution >= 4 is 11.6 Å². The number of rotatable bonds is 6. The molecule has 0 radical (unpaired) electrons. The Morgan fingerprint density at radius 1 is 1.47 bits per heavy atom. The number of para-hydroxylation sites is 1. The van der Waals surface area contributed by atoms with Crippen LogP contribution < -0.4 is 11.1 Å². The normalized spacial score (nSPS) is 12.2. The smallest absolute Gasteiger partial charge is 0.227 e. The molecule has 0 aliphatic heterocycles. The Morgan fingerprint density at radius 2 is 2.18 bits per heavy atom. The van der Waals surface area contributed by atoms with Gasteiger partial charge in [0.2, 0.25) is 5.91 Å². The van der Waals surface area contributed by atoms with Gasteiger partial charge in [-0.25, -0.2) is 0 Å². The van der Waals surface area contributed by atoms with E-state index in [0.717, 1.165) is 17.7 Å². The SMILES string of the molecule is CCc1ccccc1NC(=O)CC(CN)OC. The molecule has 1 aromatic rings. The minimum Gasteiger partial charge on any atom is -0.380 e. The number of hydrogen-bond acceptors (Lipinski definition) is 3. The van der Waals surface area contributed by atoms with Crippen molar-refractivity contribution in [2.75, 3.05) is 19.0 Å². The van der Waals surface area contributed by atoms with Crippen molar-refractivity contribution < 1.29 is 9.53 Å². The van der Waals surface area contributed by atoms with Crippen molar-refractivity contribution in [1.29, 1.82) is 0 Å². The van der Waals surface area contributed by atoms with E-state index in [0.29, 0.717) is 6.54 Å². The Morgan fingerprint density at radius 3 is 2.76 bits per heavy atom. The van der Waals surface area contributed by atoms with Crippen molar-refractivity contribution in [3.63, 3.8) is 0 Å². The van der Waals surface area contributed by atoms with Crippen molar-refractivity contribution in [2.45, 2.75) is 25.9 Å².